The highest BCUT2D eigenvalue weighted by Crippen LogP contribution is 2.33. The standard InChI is InChI=1S/C11H6Br3NS/c12-7-2-1-3-9(4-7)16-11-10(14)5-8(13)6-15-11/h1-6H. The molecule has 1 heterocycles. The van der Waals surface area contributed by atoms with Gasteiger partial charge in [-0.15, -0.1) is 0 Å². The van der Waals surface area contributed by atoms with Gasteiger partial charge in [0.25, 0.3) is 0 Å². The van der Waals surface area contributed by atoms with Crippen LogP contribution in [0.25, 0.3) is 0 Å². The molecular formula is C11H6Br3NS. The second-order valence-corrected chi connectivity index (χ2v) is 6.75. The van der Waals surface area contributed by atoms with E-state index in [-0.39, 0.29) is 0 Å². The quantitative estimate of drug-likeness (QED) is 0.630. The van der Waals surface area contributed by atoms with Crippen molar-refractivity contribution in [1.82, 2.24) is 4.98 Å². The summed E-state index contributed by atoms with van der Waals surface area (Å²) in [5.74, 6) is 0. The number of hydrogen-bond acceptors (Lipinski definition) is 2. The van der Waals surface area contributed by atoms with E-state index in [0.29, 0.717) is 0 Å². The second kappa shape index (κ2) is 5.67. The van der Waals surface area contributed by atoms with E-state index in [1.807, 2.05) is 18.2 Å². The summed E-state index contributed by atoms with van der Waals surface area (Å²) in [5, 5.41) is 0.960. The predicted molar refractivity (Wildman–Crippen MR) is 77.9 cm³/mol. The fraction of sp³-hybridized carbons (Fsp3) is 0. The van der Waals surface area contributed by atoms with Crippen LogP contribution in [0, 0.1) is 0 Å². The van der Waals surface area contributed by atoms with Crippen LogP contribution in [0.5, 0.6) is 0 Å². The lowest BCUT2D eigenvalue weighted by atomic mass is 10.4. The molecule has 0 amide bonds. The molecule has 1 aromatic heterocycles. The smallest absolute Gasteiger partial charge is 0.115 e. The van der Waals surface area contributed by atoms with Crippen LogP contribution in [-0.2, 0) is 0 Å². The summed E-state index contributed by atoms with van der Waals surface area (Å²) in [6.45, 7) is 0. The average Bonchev–Trinajstić information content (AvgIpc) is 2.22. The molecule has 0 N–H and O–H groups in total. The van der Waals surface area contributed by atoms with Crippen LogP contribution in [0.2, 0.25) is 0 Å². The minimum Gasteiger partial charge on any atom is -0.247 e. The average molecular weight is 424 g/mol. The maximum absolute atomic E-state index is 4.36. The Morgan fingerprint density at radius 1 is 1.00 bits per heavy atom. The molecule has 0 atom stereocenters. The zero-order chi connectivity index (χ0) is 11.5. The van der Waals surface area contributed by atoms with Gasteiger partial charge in [0.1, 0.15) is 5.03 Å². The molecule has 2 rings (SSSR count). The van der Waals surface area contributed by atoms with Gasteiger partial charge < -0.3 is 0 Å². The Kier molecular flexibility index (Phi) is 4.47. The van der Waals surface area contributed by atoms with Gasteiger partial charge in [0.15, 0.2) is 0 Å². The van der Waals surface area contributed by atoms with E-state index in [0.717, 1.165) is 23.3 Å². The van der Waals surface area contributed by atoms with Crippen molar-refractivity contribution in [2.75, 3.05) is 0 Å². The lowest BCUT2D eigenvalue weighted by Crippen LogP contribution is -1.82. The molecule has 0 aliphatic carbocycles. The maximum atomic E-state index is 4.36. The SMILES string of the molecule is Brc1cccc(Sc2ncc(Br)cc2Br)c1. The van der Waals surface area contributed by atoms with Crippen molar-refractivity contribution in [1.29, 1.82) is 0 Å². The molecule has 0 fully saturated rings. The minimum absolute atomic E-state index is 0.960. The lowest BCUT2D eigenvalue weighted by Gasteiger charge is -2.04. The van der Waals surface area contributed by atoms with Crippen molar-refractivity contribution >= 4 is 59.6 Å². The lowest BCUT2D eigenvalue weighted by molar-refractivity contribution is 1.10. The third-order valence-electron chi connectivity index (χ3n) is 1.78. The molecule has 16 heavy (non-hydrogen) atoms. The van der Waals surface area contributed by atoms with Gasteiger partial charge in [0, 0.05) is 20.0 Å². The molecule has 0 aliphatic heterocycles. The Labute approximate surface area is 123 Å². The molecule has 0 aliphatic rings. The van der Waals surface area contributed by atoms with Crippen LogP contribution >= 0.6 is 59.6 Å². The summed E-state index contributed by atoms with van der Waals surface area (Å²) in [6.07, 6.45) is 1.80. The van der Waals surface area contributed by atoms with E-state index < -0.39 is 0 Å². The number of pyridine rings is 1. The van der Waals surface area contributed by atoms with E-state index in [4.69, 9.17) is 0 Å². The van der Waals surface area contributed by atoms with Gasteiger partial charge in [-0.2, -0.15) is 0 Å². The summed E-state index contributed by atoms with van der Waals surface area (Å²) in [7, 11) is 0. The highest BCUT2D eigenvalue weighted by Gasteiger charge is 2.04. The molecular weight excluding hydrogens is 418 g/mol. The third kappa shape index (κ3) is 3.32. The Balaban J connectivity index is 2.27. The maximum Gasteiger partial charge on any atom is 0.115 e. The Morgan fingerprint density at radius 2 is 1.81 bits per heavy atom. The molecule has 1 aromatic carbocycles. The Bertz CT molecular complexity index is 516. The van der Waals surface area contributed by atoms with Gasteiger partial charge in [-0.1, -0.05) is 33.8 Å². The first-order valence-electron chi connectivity index (χ1n) is 4.39. The van der Waals surface area contributed by atoms with E-state index in [1.165, 1.54) is 0 Å². The Morgan fingerprint density at radius 3 is 2.50 bits per heavy atom. The first-order chi connectivity index (χ1) is 7.65. The Hall–Kier alpha value is 0.160. The zero-order valence-electron chi connectivity index (χ0n) is 7.95. The van der Waals surface area contributed by atoms with Crippen LogP contribution in [-0.4, -0.2) is 4.98 Å². The fourth-order valence-corrected chi connectivity index (χ4v) is 3.72. The van der Waals surface area contributed by atoms with E-state index in [2.05, 4.69) is 64.9 Å². The molecule has 5 heteroatoms. The van der Waals surface area contributed by atoms with Crippen molar-refractivity contribution < 1.29 is 0 Å². The van der Waals surface area contributed by atoms with E-state index in [9.17, 15) is 0 Å². The van der Waals surface area contributed by atoms with Crippen LogP contribution < -0.4 is 0 Å². The molecule has 0 spiro atoms. The molecule has 1 nitrogen and oxygen atoms in total. The zero-order valence-corrected chi connectivity index (χ0v) is 13.5. The summed E-state index contributed by atoms with van der Waals surface area (Å²) in [6, 6.07) is 10.1. The monoisotopic (exact) mass is 421 g/mol. The molecule has 82 valence electrons. The number of aromatic nitrogens is 1. The molecule has 0 radical (unpaired) electrons. The number of halogens is 3. The van der Waals surface area contributed by atoms with Crippen LogP contribution in [0.1, 0.15) is 0 Å². The second-order valence-electron chi connectivity index (χ2n) is 3.00. The molecule has 2 aromatic rings. The molecule has 0 saturated carbocycles. The number of benzene rings is 1. The summed E-state index contributed by atoms with van der Waals surface area (Å²) < 4.78 is 3.04. The van der Waals surface area contributed by atoms with E-state index >= 15 is 0 Å². The molecule has 0 unspecified atom stereocenters. The first-order valence-corrected chi connectivity index (χ1v) is 7.59. The predicted octanol–water partition coefficient (Wildman–Crippen LogP) is 5.52. The van der Waals surface area contributed by atoms with Gasteiger partial charge in [0.2, 0.25) is 0 Å². The van der Waals surface area contributed by atoms with Crippen LogP contribution in [0.15, 0.2) is 59.9 Å². The van der Waals surface area contributed by atoms with Crippen molar-refractivity contribution in [2.45, 2.75) is 9.92 Å². The summed E-state index contributed by atoms with van der Waals surface area (Å²) in [4.78, 5) is 5.51. The van der Waals surface area contributed by atoms with Gasteiger partial charge >= 0.3 is 0 Å². The normalized spacial score (nSPS) is 10.4. The number of rotatable bonds is 2. The third-order valence-corrected chi connectivity index (χ3v) is 4.59. The highest BCUT2D eigenvalue weighted by atomic mass is 79.9. The van der Waals surface area contributed by atoms with Crippen LogP contribution in [0.3, 0.4) is 0 Å². The van der Waals surface area contributed by atoms with E-state index in [1.54, 1.807) is 18.0 Å². The van der Waals surface area contributed by atoms with Crippen LogP contribution in [0.4, 0.5) is 0 Å². The van der Waals surface area contributed by atoms with Gasteiger partial charge in [-0.05, 0) is 56.1 Å². The fourth-order valence-electron chi connectivity index (χ4n) is 1.12. The minimum atomic E-state index is 0.960. The van der Waals surface area contributed by atoms with Gasteiger partial charge in [-0.25, -0.2) is 4.98 Å². The largest absolute Gasteiger partial charge is 0.247 e. The van der Waals surface area contributed by atoms with Crippen molar-refractivity contribution in [3.8, 4) is 0 Å². The summed E-state index contributed by atoms with van der Waals surface area (Å²) >= 11 is 12.0. The number of nitrogens with zero attached hydrogens (tertiary/aromatic N) is 1. The first kappa shape index (κ1) is 12.6. The van der Waals surface area contributed by atoms with Crippen molar-refractivity contribution in [3.63, 3.8) is 0 Å². The van der Waals surface area contributed by atoms with Gasteiger partial charge in [0.05, 0.1) is 4.47 Å². The molecule has 0 saturated heterocycles. The van der Waals surface area contributed by atoms with Crippen molar-refractivity contribution in [3.05, 3.63) is 49.9 Å². The summed E-state index contributed by atoms with van der Waals surface area (Å²) in [5.41, 5.74) is 0. The molecule has 0 bridgehead atoms. The van der Waals surface area contributed by atoms with Gasteiger partial charge in [-0.3, -0.25) is 0 Å². The number of hydrogen-bond donors (Lipinski definition) is 0. The van der Waals surface area contributed by atoms with Crippen molar-refractivity contribution in [2.24, 2.45) is 0 Å². The highest BCUT2D eigenvalue weighted by molar-refractivity contribution is 9.11. The topological polar surface area (TPSA) is 12.9 Å².